The van der Waals surface area contributed by atoms with Gasteiger partial charge in [-0.2, -0.15) is 0 Å². The quantitative estimate of drug-likeness (QED) is 0.161. The molecule has 2 heterocycles. The van der Waals surface area contributed by atoms with Crippen LogP contribution in [-0.4, -0.2) is 28.2 Å². The Labute approximate surface area is 327 Å². The second-order valence-corrected chi connectivity index (χ2v) is 14.6. The van der Waals surface area contributed by atoms with Crippen molar-refractivity contribution in [2.75, 3.05) is 7.05 Å². The van der Waals surface area contributed by atoms with Crippen LogP contribution in [0.1, 0.15) is 46.3 Å². The Balaban J connectivity index is 1.03. The fourth-order valence-electron chi connectivity index (χ4n) is 8.48. The SMILES string of the molecule is CN1C(c2ccccc2)=NC(c2ccccc2)=NC1c1cccc(C2=CC=CC(c3cccc4c3c3ccc(-c5ccccc5)cc3n4-c3ccccc3)C2)c1. The topological polar surface area (TPSA) is 32.9 Å². The summed E-state index contributed by atoms with van der Waals surface area (Å²) in [5, 5.41) is 2.59. The molecular formula is C52H40N4. The summed E-state index contributed by atoms with van der Waals surface area (Å²) in [6, 6.07) is 64.9. The third kappa shape index (κ3) is 6.06. The number of allylic oxidation sites excluding steroid dienone is 4. The maximum Gasteiger partial charge on any atom is 0.159 e. The molecular weight excluding hydrogens is 681 g/mol. The Morgan fingerprint density at radius 1 is 0.554 bits per heavy atom. The van der Waals surface area contributed by atoms with Crippen LogP contribution >= 0.6 is 0 Å². The molecule has 4 heteroatoms. The first-order valence-corrected chi connectivity index (χ1v) is 19.4. The summed E-state index contributed by atoms with van der Waals surface area (Å²) >= 11 is 0. The van der Waals surface area contributed by atoms with Gasteiger partial charge in [-0.05, 0) is 70.1 Å². The highest BCUT2D eigenvalue weighted by molar-refractivity contribution is 6.13. The number of benzene rings is 7. The summed E-state index contributed by atoms with van der Waals surface area (Å²) in [6.45, 7) is 0. The minimum atomic E-state index is -0.230. The molecule has 2 aliphatic rings. The number of para-hydroxylation sites is 1. The number of hydrogen-bond donors (Lipinski definition) is 0. The van der Waals surface area contributed by atoms with E-state index in [4.69, 9.17) is 9.98 Å². The molecule has 0 saturated carbocycles. The van der Waals surface area contributed by atoms with Crippen molar-refractivity contribution < 1.29 is 0 Å². The van der Waals surface area contributed by atoms with Gasteiger partial charge in [0.15, 0.2) is 12.0 Å². The number of rotatable bonds is 7. The van der Waals surface area contributed by atoms with E-state index in [1.54, 1.807) is 0 Å². The number of hydrogen-bond acceptors (Lipinski definition) is 3. The summed E-state index contributed by atoms with van der Waals surface area (Å²) in [4.78, 5) is 12.6. The summed E-state index contributed by atoms with van der Waals surface area (Å²) < 4.78 is 2.44. The van der Waals surface area contributed by atoms with E-state index >= 15 is 0 Å². The highest BCUT2D eigenvalue weighted by Crippen LogP contribution is 2.43. The molecule has 0 fully saturated rings. The van der Waals surface area contributed by atoms with E-state index in [-0.39, 0.29) is 12.1 Å². The van der Waals surface area contributed by atoms with Gasteiger partial charge in [-0.25, -0.2) is 9.98 Å². The van der Waals surface area contributed by atoms with Crippen molar-refractivity contribution in [2.24, 2.45) is 9.98 Å². The van der Waals surface area contributed by atoms with Crippen molar-refractivity contribution in [3.8, 4) is 16.8 Å². The molecule has 0 amide bonds. The summed E-state index contributed by atoms with van der Waals surface area (Å²) in [5.74, 6) is 1.87. The third-order valence-corrected chi connectivity index (χ3v) is 11.2. The van der Waals surface area contributed by atoms with Gasteiger partial charge in [-0.1, -0.05) is 170 Å². The Hall–Kier alpha value is -7.04. The van der Waals surface area contributed by atoms with Gasteiger partial charge in [0.2, 0.25) is 0 Å². The average Bonchev–Trinajstić information content (AvgIpc) is 3.62. The third-order valence-electron chi connectivity index (χ3n) is 11.2. The number of nitrogens with zero attached hydrogens (tertiary/aromatic N) is 4. The maximum atomic E-state index is 5.26. The standard InChI is InChI=1S/C52H40N4/c1-55-51(38-21-10-4-11-22-38)53-50(37-19-8-3-9-20-37)54-52(55)43-26-15-24-40(34-43)39-23-14-25-42(33-39)45-29-16-30-47-49(45)46-32-31-41(36-17-6-2-7-18-36)35-48(46)56(47)44-27-12-5-13-28-44/h2-32,34-35,42,52H,33H2,1H3. The zero-order valence-electron chi connectivity index (χ0n) is 31.2. The normalized spacial score (nSPS) is 16.8. The predicted molar refractivity (Wildman–Crippen MR) is 234 cm³/mol. The predicted octanol–water partition coefficient (Wildman–Crippen LogP) is 12.4. The van der Waals surface area contributed by atoms with Gasteiger partial charge < -0.3 is 9.47 Å². The smallest absolute Gasteiger partial charge is 0.159 e. The molecule has 2 atom stereocenters. The lowest BCUT2D eigenvalue weighted by molar-refractivity contribution is 0.383. The monoisotopic (exact) mass is 720 g/mol. The second-order valence-electron chi connectivity index (χ2n) is 14.6. The maximum absolute atomic E-state index is 5.26. The lowest BCUT2D eigenvalue weighted by Crippen LogP contribution is -2.35. The van der Waals surface area contributed by atoms with Crippen LogP contribution in [0, 0.1) is 0 Å². The van der Waals surface area contributed by atoms with Crippen molar-refractivity contribution in [3.05, 3.63) is 228 Å². The minimum absolute atomic E-state index is 0.211. The van der Waals surface area contributed by atoms with E-state index in [2.05, 4.69) is 192 Å². The highest BCUT2D eigenvalue weighted by Gasteiger charge is 2.28. The van der Waals surface area contributed by atoms with Gasteiger partial charge >= 0.3 is 0 Å². The van der Waals surface area contributed by atoms with Crippen molar-refractivity contribution >= 4 is 39.1 Å². The zero-order valence-corrected chi connectivity index (χ0v) is 31.2. The van der Waals surface area contributed by atoms with Crippen molar-refractivity contribution in [2.45, 2.75) is 18.5 Å². The first-order chi connectivity index (χ1) is 27.7. The Bertz CT molecular complexity index is 2830. The molecule has 0 bridgehead atoms. The van der Waals surface area contributed by atoms with Gasteiger partial charge in [0.1, 0.15) is 5.84 Å². The molecule has 1 aliphatic carbocycles. The van der Waals surface area contributed by atoms with Crippen molar-refractivity contribution in [1.82, 2.24) is 9.47 Å². The molecule has 4 nitrogen and oxygen atoms in total. The van der Waals surface area contributed by atoms with Crippen LogP contribution in [-0.2, 0) is 0 Å². The van der Waals surface area contributed by atoms with Crippen LogP contribution in [0.2, 0.25) is 0 Å². The molecule has 0 radical (unpaired) electrons. The van der Waals surface area contributed by atoms with E-state index < -0.39 is 0 Å². The molecule has 8 aromatic rings. The lowest BCUT2D eigenvalue weighted by Gasteiger charge is -2.32. The van der Waals surface area contributed by atoms with Crippen molar-refractivity contribution in [1.29, 1.82) is 0 Å². The average molecular weight is 721 g/mol. The second kappa shape index (κ2) is 14.3. The largest absolute Gasteiger partial charge is 0.333 e. The fourth-order valence-corrected chi connectivity index (χ4v) is 8.48. The molecule has 1 aliphatic heterocycles. The van der Waals surface area contributed by atoms with Crippen molar-refractivity contribution in [3.63, 3.8) is 0 Å². The molecule has 10 rings (SSSR count). The molecule has 0 N–H and O–H groups in total. The number of aromatic nitrogens is 1. The summed E-state index contributed by atoms with van der Waals surface area (Å²) in [5.41, 5.74) is 13.1. The zero-order chi connectivity index (χ0) is 37.4. The molecule has 0 saturated heterocycles. The number of amidine groups is 2. The Kier molecular flexibility index (Phi) is 8.57. The first-order valence-electron chi connectivity index (χ1n) is 19.4. The first kappa shape index (κ1) is 33.5. The number of aliphatic imine (C=N–C) groups is 2. The van der Waals surface area contributed by atoms with E-state index in [0.29, 0.717) is 0 Å². The van der Waals surface area contributed by atoms with Gasteiger partial charge in [0.05, 0.1) is 11.0 Å². The van der Waals surface area contributed by atoms with E-state index in [1.807, 2.05) is 24.3 Å². The van der Waals surface area contributed by atoms with E-state index in [0.717, 1.165) is 40.5 Å². The van der Waals surface area contributed by atoms with Crippen LogP contribution < -0.4 is 0 Å². The van der Waals surface area contributed by atoms with Gasteiger partial charge in [-0.3, -0.25) is 0 Å². The van der Waals surface area contributed by atoms with E-state index in [1.165, 1.54) is 49.6 Å². The van der Waals surface area contributed by atoms with Crippen LogP contribution in [0.3, 0.4) is 0 Å². The highest BCUT2D eigenvalue weighted by atomic mass is 15.3. The van der Waals surface area contributed by atoms with Crippen LogP contribution in [0.25, 0.3) is 44.2 Å². The summed E-state index contributed by atoms with van der Waals surface area (Å²) in [6.07, 6.45) is 7.58. The molecule has 1 aromatic heterocycles. The molecule has 0 spiro atoms. The lowest BCUT2D eigenvalue weighted by atomic mass is 9.83. The molecule has 56 heavy (non-hydrogen) atoms. The molecule has 7 aromatic carbocycles. The van der Waals surface area contributed by atoms with Crippen LogP contribution in [0.15, 0.2) is 210 Å². The summed E-state index contributed by atoms with van der Waals surface area (Å²) in [7, 11) is 2.10. The minimum Gasteiger partial charge on any atom is -0.333 e. The molecule has 268 valence electrons. The van der Waals surface area contributed by atoms with Crippen LogP contribution in [0.5, 0.6) is 0 Å². The number of fused-ring (bicyclic) bond motifs is 3. The van der Waals surface area contributed by atoms with E-state index in [9.17, 15) is 0 Å². The molecule has 2 unspecified atom stereocenters. The Morgan fingerprint density at radius 3 is 1.96 bits per heavy atom. The van der Waals surface area contributed by atoms with Crippen LogP contribution in [0.4, 0.5) is 0 Å². The Morgan fingerprint density at radius 2 is 1.21 bits per heavy atom. The van der Waals surface area contributed by atoms with Gasteiger partial charge in [0.25, 0.3) is 0 Å². The fraction of sp³-hybridized carbons (Fsp3) is 0.0769. The van der Waals surface area contributed by atoms with Gasteiger partial charge in [0, 0.05) is 40.6 Å². The van der Waals surface area contributed by atoms with Gasteiger partial charge in [-0.15, -0.1) is 0 Å².